The molecule has 11 nitrogen and oxygen atoms in total. The van der Waals surface area contributed by atoms with Gasteiger partial charge in [0.05, 0.1) is 23.2 Å². The number of carbonyl (C=O) groups excluding carboxylic acids is 2. The van der Waals surface area contributed by atoms with Crippen LogP contribution in [0.15, 0.2) is 40.8 Å². The molecule has 3 aromatic rings. The number of alkyl halides is 2. The van der Waals surface area contributed by atoms with Crippen LogP contribution in [0.2, 0.25) is 0 Å². The Kier molecular flexibility index (Phi) is 10.2. The van der Waals surface area contributed by atoms with Gasteiger partial charge in [-0.3, -0.25) is 4.57 Å². The highest BCUT2D eigenvalue weighted by Crippen LogP contribution is 2.56. The molecule has 0 aliphatic carbocycles. The highest BCUT2D eigenvalue weighted by atomic mass is 31.2. The Hall–Kier alpha value is -4.21. The number of anilines is 1. The van der Waals surface area contributed by atoms with E-state index in [1.54, 1.807) is 45.0 Å². The average molecular weight is 650 g/mol. The normalized spacial score (nSPS) is 14.2. The van der Waals surface area contributed by atoms with Gasteiger partial charge in [-0.05, 0) is 64.4 Å². The van der Waals surface area contributed by atoms with Crippen LogP contribution in [0.25, 0.3) is 11.5 Å². The van der Waals surface area contributed by atoms with Gasteiger partial charge in [-0.2, -0.15) is 5.26 Å². The summed E-state index contributed by atoms with van der Waals surface area (Å²) in [5.74, 6) is -5.69. The van der Waals surface area contributed by atoms with Crippen LogP contribution in [0.3, 0.4) is 0 Å². The van der Waals surface area contributed by atoms with E-state index in [-0.39, 0.29) is 30.0 Å². The van der Waals surface area contributed by atoms with Gasteiger partial charge < -0.3 is 29.1 Å². The standard InChI is InChI=1S/C30H35F3N5O6P/c1-28(2,3)44-27(40)35-20(17-39)14-30(32,33)22-13-23(31)21(25-36-37-26(43-25)29(4,5)45(7,41)42)12-24(22)38(6)16-19-10-8-18(15-34)9-11-19/h8-13,17,20H,14,16H2,1-7H3,(H,35,40)(H,41,42). The molecule has 0 spiro atoms. The zero-order valence-corrected chi connectivity index (χ0v) is 26.8. The number of hydrogen-bond donors (Lipinski definition) is 2. The molecule has 2 N–H and O–H groups in total. The minimum atomic E-state index is -3.86. The molecule has 1 amide bonds. The fourth-order valence-corrected chi connectivity index (χ4v) is 4.56. The molecular weight excluding hydrogens is 614 g/mol. The minimum absolute atomic E-state index is 0.0404. The number of hydrogen-bond acceptors (Lipinski definition) is 9. The van der Waals surface area contributed by atoms with E-state index in [4.69, 9.17) is 14.4 Å². The van der Waals surface area contributed by atoms with Crippen LogP contribution in [0.4, 0.5) is 23.7 Å². The summed E-state index contributed by atoms with van der Waals surface area (Å²) in [6, 6.07) is 8.35. The van der Waals surface area contributed by atoms with Gasteiger partial charge in [-0.1, -0.05) is 12.1 Å². The highest BCUT2D eigenvalue weighted by molar-refractivity contribution is 7.58. The lowest BCUT2D eigenvalue weighted by Gasteiger charge is -2.29. The van der Waals surface area contributed by atoms with Crippen LogP contribution < -0.4 is 10.2 Å². The van der Waals surface area contributed by atoms with Gasteiger partial charge in [0, 0.05) is 37.9 Å². The molecular formula is C30H35F3N5O6P. The van der Waals surface area contributed by atoms with Gasteiger partial charge >= 0.3 is 6.09 Å². The number of halogens is 3. The van der Waals surface area contributed by atoms with Crippen LogP contribution in [0.1, 0.15) is 63.6 Å². The molecule has 45 heavy (non-hydrogen) atoms. The Balaban J connectivity index is 2.09. The molecule has 15 heteroatoms. The molecule has 0 saturated heterocycles. The molecule has 1 aromatic heterocycles. The Labute approximate surface area is 258 Å². The van der Waals surface area contributed by atoms with Crippen molar-refractivity contribution in [2.45, 2.75) is 70.3 Å². The predicted octanol–water partition coefficient (Wildman–Crippen LogP) is 6.09. The summed E-state index contributed by atoms with van der Waals surface area (Å²) >= 11 is 0. The first-order valence-corrected chi connectivity index (χ1v) is 15.8. The summed E-state index contributed by atoms with van der Waals surface area (Å²) in [6.07, 6.45) is -2.16. The first kappa shape index (κ1) is 35.3. The summed E-state index contributed by atoms with van der Waals surface area (Å²) in [7, 11) is -2.33. The fourth-order valence-electron chi connectivity index (χ4n) is 4.11. The quantitative estimate of drug-likeness (QED) is 0.184. The van der Waals surface area contributed by atoms with E-state index >= 15 is 13.2 Å². The van der Waals surface area contributed by atoms with E-state index < -0.39 is 59.9 Å². The van der Waals surface area contributed by atoms with Gasteiger partial charge in [0.15, 0.2) is 0 Å². The number of nitrogens with one attached hydrogen (secondary N) is 1. The number of alkyl carbamates (subject to hydrolysis) is 1. The summed E-state index contributed by atoms with van der Waals surface area (Å²) in [5, 5.41) is 17.3. The molecule has 2 unspecified atom stereocenters. The van der Waals surface area contributed by atoms with Gasteiger partial charge in [0.25, 0.3) is 11.8 Å². The van der Waals surface area contributed by atoms with Gasteiger partial charge in [0.2, 0.25) is 13.3 Å². The number of aromatic nitrogens is 2. The number of carbonyl (C=O) groups is 2. The predicted molar refractivity (Wildman–Crippen MR) is 159 cm³/mol. The van der Waals surface area contributed by atoms with Crippen LogP contribution in [0.5, 0.6) is 0 Å². The zero-order valence-electron chi connectivity index (χ0n) is 25.9. The minimum Gasteiger partial charge on any atom is -0.444 e. The van der Waals surface area contributed by atoms with Crippen molar-refractivity contribution in [1.29, 1.82) is 5.26 Å². The monoisotopic (exact) mass is 649 g/mol. The lowest BCUT2D eigenvalue weighted by atomic mass is 9.96. The third kappa shape index (κ3) is 8.49. The number of aldehydes is 1. The molecule has 0 aliphatic rings. The van der Waals surface area contributed by atoms with Crippen molar-refractivity contribution in [2.75, 3.05) is 18.6 Å². The molecule has 2 atom stereocenters. The van der Waals surface area contributed by atoms with E-state index in [1.807, 2.05) is 6.07 Å². The lowest BCUT2D eigenvalue weighted by Crippen LogP contribution is -2.42. The van der Waals surface area contributed by atoms with E-state index in [2.05, 4.69) is 15.5 Å². The third-order valence-corrected chi connectivity index (χ3v) is 9.22. The number of rotatable bonds is 11. The van der Waals surface area contributed by atoms with E-state index in [0.29, 0.717) is 17.2 Å². The largest absolute Gasteiger partial charge is 0.444 e. The summed E-state index contributed by atoms with van der Waals surface area (Å²) < 4.78 is 70.5. The van der Waals surface area contributed by atoms with E-state index in [1.165, 1.54) is 25.8 Å². The molecule has 3 rings (SSSR count). The Morgan fingerprint density at radius 1 is 1.20 bits per heavy atom. The maximum atomic E-state index is 16.0. The van der Waals surface area contributed by atoms with Crippen molar-refractivity contribution in [3.63, 3.8) is 0 Å². The topological polar surface area (TPSA) is 159 Å². The second kappa shape index (κ2) is 13.0. The second-order valence-corrected chi connectivity index (χ2v) is 15.0. The molecule has 0 saturated carbocycles. The van der Waals surface area contributed by atoms with E-state index in [0.717, 1.165) is 12.7 Å². The molecule has 0 radical (unpaired) electrons. The Morgan fingerprint density at radius 2 is 1.82 bits per heavy atom. The SMILES string of the molecule is CN(Cc1ccc(C#N)cc1)c1cc(-c2nnc(C(C)(C)P(C)(=O)O)o2)c(F)cc1C(F)(F)CC(C=O)NC(=O)OC(C)(C)C. The maximum absolute atomic E-state index is 16.0. The third-order valence-electron chi connectivity index (χ3n) is 6.95. The van der Waals surface area contributed by atoms with Crippen molar-refractivity contribution in [3.05, 3.63) is 64.8 Å². The van der Waals surface area contributed by atoms with Crippen LogP contribution in [-0.2, 0) is 31.7 Å². The number of nitriles is 1. The van der Waals surface area contributed by atoms with Crippen LogP contribution in [-0.4, -0.2) is 52.8 Å². The van der Waals surface area contributed by atoms with Gasteiger partial charge in [0.1, 0.15) is 22.9 Å². The van der Waals surface area contributed by atoms with Crippen molar-refractivity contribution >= 4 is 25.4 Å². The molecule has 0 aliphatic heterocycles. The van der Waals surface area contributed by atoms with Crippen LogP contribution >= 0.6 is 7.37 Å². The van der Waals surface area contributed by atoms with Crippen molar-refractivity contribution in [1.82, 2.24) is 15.5 Å². The lowest BCUT2D eigenvalue weighted by molar-refractivity contribution is -0.112. The fraction of sp³-hybridized carbons (Fsp3) is 0.433. The van der Waals surface area contributed by atoms with Gasteiger partial charge in [-0.25, -0.2) is 18.0 Å². The number of nitrogens with zero attached hydrogens (tertiary/aromatic N) is 4. The number of benzene rings is 2. The smallest absolute Gasteiger partial charge is 0.408 e. The molecule has 0 fully saturated rings. The highest BCUT2D eigenvalue weighted by Gasteiger charge is 2.43. The van der Waals surface area contributed by atoms with Crippen molar-refractivity contribution in [3.8, 4) is 17.5 Å². The molecule has 2 aromatic carbocycles. The Morgan fingerprint density at radius 3 is 2.36 bits per heavy atom. The van der Waals surface area contributed by atoms with Crippen LogP contribution in [0, 0.1) is 17.1 Å². The number of ether oxygens (including phenoxy) is 1. The number of amides is 1. The van der Waals surface area contributed by atoms with Crippen molar-refractivity contribution < 1.29 is 41.4 Å². The van der Waals surface area contributed by atoms with Crippen molar-refractivity contribution in [2.24, 2.45) is 0 Å². The summed E-state index contributed by atoms with van der Waals surface area (Å²) in [6.45, 7) is 8.64. The maximum Gasteiger partial charge on any atom is 0.408 e. The molecule has 0 bridgehead atoms. The molecule has 242 valence electrons. The molecule has 1 heterocycles. The zero-order chi connectivity index (χ0) is 34.0. The van der Waals surface area contributed by atoms with E-state index in [9.17, 15) is 19.0 Å². The summed E-state index contributed by atoms with van der Waals surface area (Å²) in [5.41, 5.74) is -1.25. The first-order chi connectivity index (χ1) is 20.7. The first-order valence-electron chi connectivity index (χ1n) is 13.7. The second-order valence-electron chi connectivity index (χ2n) is 12.2. The summed E-state index contributed by atoms with van der Waals surface area (Å²) in [4.78, 5) is 35.4. The average Bonchev–Trinajstić information content (AvgIpc) is 3.42. The Bertz CT molecular complexity index is 1640. The van der Waals surface area contributed by atoms with Gasteiger partial charge in [-0.15, -0.1) is 10.2 Å².